The predicted octanol–water partition coefficient (Wildman–Crippen LogP) is 9.93. The second kappa shape index (κ2) is 11.9. The van der Waals surface area contributed by atoms with Gasteiger partial charge in [0, 0.05) is 11.5 Å². The van der Waals surface area contributed by atoms with Gasteiger partial charge in [-0.15, -0.1) is 0 Å². The monoisotopic (exact) mass is 652 g/mol. The van der Waals surface area contributed by atoms with Crippen molar-refractivity contribution in [3.05, 3.63) is 12.2 Å². The van der Waals surface area contributed by atoms with Gasteiger partial charge >= 0.3 is 11.9 Å². The number of aliphatic carboxylic acids is 1. The molecule has 10 atom stereocenters. The third kappa shape index (κ3) is 5.49. The number of carbonyl (C=O) groups excluding carboxylic acids is 1. The van der Waals surface area contributed by atoms with E-state index >= 15 is 0 Å². The molecule has 6 fully saturated rings. The molecule has 5 nitrogen and oxygen atoms in total. The molecule has 1 N–H and O–H groups in total. The Morgan fingerprint density at radius 1 is 0.872 bits per heavy atom. The summed E-state index contributed by atoms with van der Waals surface area (Å²) >= 11 is 0. The van der Waals surface area contributed by atoms with Crippen LogP contribution in [0.1, 0.15) is 152 Å². The lowest BCUT2D eigenvalue weighted by Gasteiger charge is -2.73. The highest BCUT2D eigenvalue weighted by molar-refractivity contribution is 5.81. The molecule has 0 aromatic carbocycles. The van der Waals surface area contributed by atoms with Gasteiger partial charge in [-0.05, 0) is 169 Å². The number of carboxylic acid groups (broad SMARTS) is 1. The standard InChI is InChI=1S/C42H69NO4/c1-11-43(28-12-13-28)25-24-42-21-16-29(27(2)3)35(42)30-14-15-32-39(8)19-18-33(47-34(44)26-37(4,5)36(45)46)38(6,7)31(39)17-20-41(32,10)40(30,9)22-23-42/h28-33,35H,2,11-26H2,1,3-10H3,(H,45,46)/t29-,30+,31-,32+,33-,35+,39-,40+,41+,42+/m0/s1. The number of hydrogen-bond donors (Lipinski definition) is 1. The number of carboxylic acids is 1. The van der Waals surface area contributed by atoms with Crippen LogP contribution in [0.2, 0.25) is 0 Å². The number of ether oxygens (including phenoxy) is 1. The van der Waals surface area contributed by atoms with Gasteiger partial charge in [-0.25, -0.2) is 0 Å². The van der Waals surface area contributed by atoms with Gasteiger partial charge in [0.25, 0.3) is 0 Å². The molecule has 0 spiro atoms. The van der Waals surface area contributed by atoms with E-state index in [1.165, 1.54) is 89.3 Å². The van der Waals surface area contributed by atoms with Crippen LogP contribution in [0.25, 0.3) is 0 Å². The number of carbonyl (C=O) groups is 2. The lowest BCUT2D eigenvalue weighted by atomic mass is 9.32. The first-order valence-electron chi connectivity index (χ1n) is 19.7. The fraction of sp³-hybridized carbons (Fsp3) is 0.905. The SMILES string of the molecule is C=C(C)[C@@H]1CC[C@]2(CCN(CC)C3CC3)CC[C@]3(C)[C@H](CC[C@@H]4[C@@]5(C)CC[C@H](OC(=O)CC(C)(C)C(=O)O)C(C)(C)[C@@H]5CC[C@]43C)[C@@H]12. The van der Waals surface area contributed by atoms with Gasteiger partial charge in [0.1, 0.15) is 6.10 Å². The van der Waals surface area contributed by atoms with E-state index in [0.717, 1.165) is 30.7 Å². The molecule has 6 rings (SSSR count). The highest BCUT2D eigenvalue weighted by Gasteiger charge is 2.71. The van der Waals surface area contributed by atoms with E-state index in [1.54, 1.807) is 13.8 Å². The lowest BCUT2D eigenvalue weighted by molar-refractivity contribution is -0.250. The molecule has 6 aliphatic carbocycles. The maximum Gasteiger partial charge on any atom is 0.309 e. The number of nitrogens with zero attached hydrogens (tertiary/aromatic N) is 1. The zero-order valence-electron chi connectivity index (χ0n) is 31.7. The van der Waals surface area contributed by atoms with Gasteiger partial charge in [-0.2, -0.15) is 0 Å². The van der Waals surface area contributed by atoms with Gasteiger partial charge in [0.05, 0.1) is 11.8 Å². The predicted molar refractivity (Wildman–Crippen MR) is 190 cm³/mol. The van der Waals surface area contributed by atoms with Crippen molar-refractivity contribution >= 4 is 11.9 Å². The van der Waals surface area contributed by atoms with Gasteiger partial charge in [0.15, 0.2) is 0 Å². The summed E-state index contributed by atoms with van der Waals surface area (Å²) in [5.41, 5.74) is 1.55. The molecule has 0 heterocycles. The Morgan fingerprint density at radius 3 is 2.19 bits per heavy atom. The van der Waals surface area contributed by atoms with Crippen molar-refractivity contribution < 1.29 is 19.4 Å². The van der Waals surface area contributed by atoms with E-state index in [0.29, 0.717) is 34.0 Å². The summed E-state index contributed by atoms with van der Waals surface area (Å²) in [5.74, 6) is 2.10. The van der Waals surface area contributed by atoms with Crippen LogP contribution in [-0.4, -0.2) is 47.2 Å². The van der Waals surface area contributed by atoms with Crippen LogP contribution in [0, 0.1) is 62.1 Å². The number of allylic oxidation sites excluding steroid dienone is 1. The van der Waals surface area contributed by atoms with Crippen LogP contribution >= 0.6 is 0 Å². The average Bonchev–Trinajstić information content (AvgIpc) is 3.74. The molecule has 0 aliphatic heterocycles. The second-order valence-electron chi connectivity index (χ2n) is 19.9. The van der Waals surface area contributed by atoms with E-state index < -0.39 is 11.4 Å². The minimum atomic E-state index is -1.11. The van der Waals surface area contributed by atoms with E-state index in [-0.39, 0.29) is 29.3 Å². The Balaban J connectivity index is 1.24. The lowest BCUT2D eigenvalue weighted by Crippen LogP contribution is -2.66. The molecule has 0 saturated heterocycles. The van der Waals surface area contributed by atoms with Crippen LogP contribution in [0.3, 0.4) is 0 Å². The Bertz CT molecular complexity index is 1250. The smallest absolute Gasteiger partial charge is 0.309 e. The number of hydrogen-bond acceptors (Lipinski definition) is 4. The number of esters is 1. The maximum absolute atomic E-state index is 13.1. The minimum absolute atomic E-state index is 0.0812. The number of fused-ring (bicyclic) bond motifs is 7. The molecule has 0 unspecified atom stereocenters. The zero-order chi connectivity index (χ0) is 34.4. The highest BCUT2D eigenvalue weighted by atomic mass is 16.5. The Morgan fingerprint density at radius 2 is 1.57 bits per heavy atom. The van der Waals surface area contributed by atoms with Crippen molar-refractivity contribution in [2.24, 2.45) is 62.1 Å². The van der Waals surface area contributed by atoms with E-state index in [4.69, 9.17) is 4.74 Å². The first-order chi connectivity index (χ1) is 21.9. The van der Waals surface area contributed by atoms with Gasteiger partial charge in [0.2, 0.25) is 0 Å². The normalized spacial score (nSPS) is 44.1. The summed E-state index contributed by atoms with van der Waals surface area (Å²) in [4.78, 5) is 27.6. The summed E-state index contributed by atoms with van der Waals surface area (Å²) in [7, 11) is 0. The van der Waals surface area contributed by atoms with Crippen molar-refractivity contribution in [3.8, 4) is 0 Å². The molecule has 0 bridgehead atoms. The fourth-order valence-corrected chi connectivity index (χ4v) is 13.9. The van der Waals surface area contributed by atoms with Crippen LogP contribution in [0.4, 0.5) is 0 Å². The fourth-order valence-electron chi connectivity index (χ4n) is 13.9. The summed E-state index contributed by atoms with van der Waals surface area (Å²) in [6.07, 6.45) is 16.6. The molecule has 47 heavy (non-hydrogen) atoms. The van der Waals surface area contributed by atoms with E-state index in [9.17, 15) is 14.7 Å². The van der Waals surface area contributed by atoms with Gasteiger partial charge in [-0.1, -0.05) is 53.7 Å². The molecule has 0 aromatic heterocycles. The van der Waals surface area contributed by atoms with Gasteiger partial charge in [-0.3, -0.25) is 9.59 Å². The highest BCUT2D eigenvalue weighted by Crippen LogP contribution is 2.78. The molecule has 5 heteroatoms. The first kappa shape index (κ1) is 35.5. The molecular weight excluding hydrogens is 582 g/mol. The first-order valence-corrected chi connectivity index (χ1v) is 19.7. The number of rotatable bonds is 10. The van der Waals surface area contributed by atoms with E-state index in [1.807, 2.05) is 0 Å². The quantitative estimate of drug-likeness (QED) is 0.188. The Labute approximate surface area is 287 Å². The second-order valence-corrected chi connectivity index (χ2v) is 19.9. The molecular formula is C42H69NO4. The minimum Gasteiger partial charge on any atom is -0.481 e. The summed E-state index contributed by atoms with van der Waals surface area (Å²) < 4.78 is 6.20. The summed E-state index contributed by atoms with van der Waals surface area (Å²) in [5, 5.41) is 9.60. The molecule has 0 amide bonds. The van der Waals surface area contributed by atoms with Crippen molar-refractivity contribution in [2.45, 2.75) is 164 Å². The van der Waals surface area contributed by atoms with Crippen LogP contribution in [-0.2, 0) is 14.3 Å². The Kier molecular flexibility index (Phi) is 8.95. The molecule has 6 saturated carbocycles. The molecule has 0 radical (unpaired) electrons. The third-order valence-electron chi connectivity index (χ3n) is 17.0. The largest absolute Gasteiger partial charge is 0.481 e. The average molecular weight is 652 g/mol. The third-order valence-corrected chi connectivity index (χ3v) is 17.0. The molecule has 266 valence electrons. The van der Waals surface area contributed by atoms with Crippen molar-refractivity contribution in [3.63, 3.8) is 0 Å². The zero-order valence-corrected chi connectivity index (χ0v) is 31.7. The maximum atomic E-state index is 13.1. The molecule has 0 aromatic rings. The summed E-state index contributed by atoms with van der Waals surface area (Å²) in [6, 6.07) is 0.853. The van der Waals surface area contributed by atoms with Crippen LogP contribution in [0.15, 0.2) is 12.2 Å². The van der Waals surface area contributed by atoms with Crippen molar-refractivity contribution in [2.75, 3.05) is 13.1 Å². The van der Waals surface area contributed by atoms with E-state index in [2.05, 4.69) is 59.9 Å². The van der Waals surface area contributed by atoms with Crippen LogP contribution < -0.4 is 0 Å². The van der Waals surface area contributed by atoms with Gasteiger partial charge < -0.3 is 14.7 Å². The van der Waals surface area contributed by atoms with Crippen LogP contribution in [0.5, 0.6) is 0 Å². The topological polar surface area (TPSA) is 66.8 Å². The summed E-state index contributed by atoms with van der Waals surface area (Å²) in [6.45, 7) is 27.8. The van der Waals surface area contributed by atoms with Crippen molar-refractivity contribution in [1.29, 1.82) is 0 Å². The van der Waals surface area contributed by atoms with Crippen molar-refractivity contribution in [1.82, 2.24) is 4.90 Å². The Hall–Kier alpha value is -1.36. The molecule has 6 aliphatic rings.